The van der Waals surface area contributed by atoms with Crippen molar-refractivity contribution in [2.24, 2.45) is 5.92 Å². The second kappa shape index (κ2) is 6.76. The normalized spacial score (nSPS) is 17.2. The van der Waals surface area contributed by atoms with Crippen molar-refractivity contribution in [1.29, 1.82) is 0 Å². The molecule has 2 rings (SSSR count). The molecule has 1 aromatic carbocycles. The van der Waals surface area contributed by atoms with Gasteiger partial charge in [-0.1, -0.05) is 18.6 Å². The monoisotopic (exact) mass is 249 g/mol. The minimum absolute atomic E-state index is 0.412. The molecule has 1 aliphatic rings. The van der Waals surface area contributed by atoms with E-state index < -0.39 is 6.10 Å². The van der Waals surface area contributed by atoms with E-state index in [1.165, 1.54) is 19.3 Å². The lowest BCUT2D eigenvalue weighted by Gasteiger charge is -2.25. The van der Waals surface area contributed by atoms with Crippen LogP contribution in [0, 0.1) is 5.92 Å². The van der Waals surface area contributed by atoms with E-state index in [1.54, 1.807) is 0 Å². The standard InChI is InChI=1S/C15H23NO2/c1-16-9-8-15(17)13-6-3-7-14(10-13)18-11-12-4-2-5-12/h3,6-7,10,12,15-17H,2,4-5,8-9,11H2,1H3. The summed E-state index contributed by atoms with van der Waals surface area (Å²) in [6.07, 6.45) is 4.25. The van der Waals surface area contributed by atoms with Gasteiger partial charge in [-0.25, -0.2) is 0 Å². The fourth-order valence-corrected chi connectivity index (χ4v) is 2.13. The quantitative estimate of drug-likeness (QED) is 0.780. The van der Waals surface area contributed by atoms with E-state index in [1.807, 2.05) is 31.3 Å². The molecule has 1 aromatic rings. The third-order valence-corrected chi connectivity index (χ3v) is 3.62. The van der Waals surface area contributed by atoms with Gasteiger partial charge in [0.15, 0.2) is 0 Å². The van der Waals surface area contributed by atoms with Crippen LogP contribution in [0.15, 0.2) is 24.3 Å². The summed E-state index contributed by atoms with van der Waals surface area (Å²) in [7, 11) is 1.89. The highest BCUT2D eigenvalue weighted by molar-refractivity contribution is 5.29. The minimum atomic E-state index is -0.412. The first-order valence-corrected chi connectivity index (χ1v) is 6.85. The van der Waals surface area contributed by atoms with Crippen LogP contribution in [0.4, 0.5) is 0 Å². The van der Waals surface area contributed by atoms with E-state index in [0.29, 0.717) is 0 Å². The molecule has 0 heterocycles. The minimum Gasteiger partial charge on any atom is -0.493 e. The van der Waals surface area contributed by atoms with Crippen LogP contribution in [0.3, 0.4) is 0 Å². The Morgan fingerprint density at radius 2 is 2.28 bits per heavy atom. The van der Waals surface area contributed by atoms with Crippen molar-refractivity contribution >= 4 is 0 Å². The third-order valence-electron chi connectivity index (χ3n) is 3.62. The van der Waals surface area contributed by atoms with Crippen molar-refractivity contribution in [2.45, 2.75) is 31.8 Å². The van der Waals surface area contributed by atoms with Gasteiger partial charge in [-0.05, 0) is 56.5 Å². The number of ether oxygens (including phenoxy) is 1. The van der Waals surface area contributed by atoms with Gasteiger partial charge in [0.2, 0.25) is 0 Å². The molecular formula is C15H23NO2. The zero-order valence-electron chi connectivity index (χ0n) is 11.1. The van der Waals surface area contributed by atoms with Crippen molar-refractivity contribution in [2.75, 3.05) is 20.2 Å². The van der Waals surface area contributed by atoms with E-state index in [2.05, 4.69) is 5.32 Å². The maximum atomic E-state index is 10.0. The van der Waals surface area contributed by atoms with Crippen LogP contribution < -0.4 is 10.1 Å². The molecule has 3 nitrogen and oxygen atoms in total. The molecule has 0 aliphatic heterocycles. The Morgan fingerprint density at radius 1 is 1.44 bits per heavy atom. The van der Waals surface area contributed by atoms with Crippen LogP contribution in [0.5, 0.6) is 5.75 Å². The van der Waals surface area contributed by atoms with E-state index in [0.717, 1.165) is 36.8 Å². The maximum Gasteiger partial charge on any atom is 0.119 e. The van der Waals surface area contributed by atoms with Crippen molar-refractivity contribution < 1.29 is 9.84 Å². The molecule has 0 radical (unpaired) electrons. The summed E-state index contributed by atoms with van der Waals surface area (Å²) < 4.78 is 5.78. The molecule has 18 heavy (non-hydrogen) atoms. The fraction of sp³-hybridized carbons (Fsp3) is 0.600. The van der Waals surface area contributed by atoms with Crippen LogP contribution in [0.25, 0.3) is 0 Å². The zero-order chi connectivity index (χ0) is 12.8. The first kappa shape index (κ1) is 13.4. The van der Waals surface area contributed by atoms with E-state index >= 15 is 0 Å². The topological polar surface area (TPSA) is 41.5 Å². The molecule has 0 spiro atoms. The van der Waals surface area contributed by atoms with Crippen molar-refractivity contribution in [3.05, 3.63) is 29.8 Å². The molecule has 0 amide bonds. The van der Waals surface area contributed by atoms with Crippen molar-refractivity contribution in [1.82, 2.24) is 5.32 Å². The van der Waals surface area contributed by atoms with Gasteiger partial charge in [0, 0.05) is 0 Å². The lowest BCUT2D eigenvalue weighted by Crippen LogP contribution is -2.19. The first-order chi connectivity index (χ1) is 8.79. The summed E-state index contributed by atoms with van der Waals surface area (Å²) in [5, 5.41) is 13.1. The molecule has 0 aromatic heterocycles. The Balaban J connectivity index is 1.87. The Bertz CT molecular complexity index is 363. The van der Waals surface area contributed by atoms with Crippen molar-refractivity contribution in [3.8, 4) is 5.75 Å². The summed E-state index contributed by atoms with van der Waals surface area (Å²) >= 11 is 0. The molecule has 1 saturated carbocycles. The lowest BCUT2D eigenvalue weighted by atomic mass is 9.86. The van der Waals surface area contributed by atoms with E-state index in [9.17, 15) is 5.11 Å². The van der Waals surface area contributed by atoms with Crippen LogP contribution in [-0.4, -0.2) is 25.3 Å². The molecule has 2 N–H and O–H groups in total. The van der Waals surface area contributed by atoms with E-state index in [-0.39, 0.29) is 0 Å². The summed E-state index contributed by atoms with van der Waals surface area (Å²) in [6, 6.07) is 7.83. The molecule has 1 unspecified atom stereocenters. The van der Waals surface area contributed by atoms with Gasteiger partial charge < -0.3 is 15.2 Å². The van der Waals surface area contributed by atoms with Gasteiger partial charge >= 0.3 is 0 Å². The third kappa shape index (κ3) is 3.72. The van der Waals surface area contributed by atoms with Gasteiger partial charge in [-0.2, -0.15) is 0 Å². The van der Waals surface area contributed by atoms with Gasteiger partial charge in [0.05, 0.1) is 12.7 Å². The second-order valence-corrected chi connectivity index (χ2v) is 5.09. The molecule has 1 aliphatic carbocycles. The number of rotatable bonds is 7. The highest BCUT2D eigenvalue weighted by Gasteiger charge is 2.18. The fourth-order valence-electron chi connectivity index (χ4n) is 2.13. The predicted octanol–water partition coefficient (Wildman–Crippen LogP) is 2.51. The van der Waals surface area contributed by atoms with Crippen LogP contribution in [0.1, 0.15) is 37.4 Å². The average molecular weight is 249 g/mol. The molecule has 0 saturated heterocycles. The van der Waals surface area contributed by atoms with Crippen molar-refractivity contribution in [3.63, 3.8) is 0 Å². The highest BCUT2D eigenvalue weighted by Crippen LogP contribution is 2.28. The Kier molecular flexibility index (Phi) is 5.02. The maximum absolute atomic E-state index is 10.0. The molecular weight excluding hydrogens is 226 g/mol. The predicted molar refractivity (Wildman–Crippen MR) is 72.8 cm³/mol. The largest absolute Gasteiger partial charge is 0.493 e. The molecule has 3 heteroatoms. The molecule has 100 valence electrons. The smallest absolute Gasteiger partial charge is 0.119 e. The average Bonchev–Trinajstić information content (AvgIpc) is 2.34. The number of hydrogen-bond donors (Lipinski definition) is 2. The second-order valence-electron chi connectivity index (χ2n) is 5.09. The van der Waals surface area contributed by atoms with Gasteiger partial charge in [0.25, 0.3) is 0 Å². The van der Waals surface area contributed by atoms with Crippen LogP contribution >= 0.6 is 0 Å². The lowest BCUT2D eigenvalue weighted by molar-refractivity contribution is 0.164. The summed E-state index contributed by atoms with van der Waals surface area (Å²) in [5.74, 6) is 1.62. The van der Waals surface area contributed by atoms with Gasteiger partial charge in [-0.15, -0.1) is 0 Å². The Hall–Kier alpha value is -1.06. The zero-order valence-corrected chi connectivity index (χ0v) is 11.1. The first-order valence-electron chi connectivity index (χ1n) is 6.85. The number of hydrogen-bond acceptors (Lipinski definition) is 3. The molecule has 0 bridgehead atoms. The van der Waals surface area contributed by atoms with Gasteiger partial charge in [-0.3, -0.25) is 0 Å². The Morgan fingerprint density at radius 3 is 2.94 bits per heavy atom. The van der Waals surface area contributed by atoms with E-state index in [4.69, 9.17) is 4.74 Å². The number of aliphatic hydroxyl groups is 1. The summed E-state index contributed by atoms with van der Waals surface area (Å²) in [5.41, 5.74) is 0.941. The molecule has 1 fully saturated rings. The summed E-state index contributed by atoms with van der Waals surface area (Å²) in [4.78, 5) is 0. The number of nitrogens with one attached hydrogen (secondary N) is 1. The summed E-state index contributed by atoms with van der Waals surface area (Å²) in [6.45, 7) is 1.63. The number of benzene rings is 1. The van der Waals surface area contributed by atoms with Crippen LogP contribution in [-0.2, 0) is 0 Å². The van der Waals surface area contributed by atoms with Gasteiger partial charge in [0.1, 0.15) is 5.75 Å². The Labute approximate surface area is 109 Å². The number of aliphatic hydroxyl groups excluding tert-OH is 1. The highest BCUT2D eigenvalue weighted by atomic mass is 16.5. The SMILES string of the molecule is CNCCC(O)c1cccc(OCC2CCC2)c1. The molecule has 1 atom stereocenters. The van der Waals surface area contributed by atoms with Crippen LogP contribution in [0.2, 0.25) is 0 Å².